The Balaban J connectivity index is 2.57. The first-order valence-corrected chi connectivity index (χ1v) is 5.48. The number of benzene rings is 1. The highest BCUT2D eigenvalue weighted by atomic mass is 16.1. The lowest BCUT2D eigenvalue weighted by Crippen LogP contribution is -2.16. The molecular weight excluding hydrogens is 228 g/mol. The van der Waals surface area contributed by atoms with Crippen LogP contribution in [-0.4, -0.2) is 15.9 Å². The van der Waals surface area contributed by atoms with E-state index in [0.29, 0.717) is 5.82 Å². The Hall–Kier alpha value is -2.43. The first-order valence-electron chi connectivity index (χ1n) is 5.48. The summed E-state index contributed by atoms with van der Waals surface area (Å²) in [5, 5.41) is 0. The van der Waals surface area contributed by atoms with E-state index in [2.05, 4.69) is 16.0 Å². The predicted molar refractivity (Wildman–Crippen MR) is 69.9 cm³/mol. The maximum Gasteiger partial charge on any atom is 0.269 e. The highest BCUT2D eigenvalue weighted by molar-refractivity contribution is 5.96. The third kappa shape index (κ3) is 2.29. The normalized spacial score (nSPS) is 10.3. The molecule has 5 heteroatoms. The molecule has 1 amide bonds. The standard InChI is InChI=1S/C13H14N4O/c1-7-3-8(2)5-9(4-7)13-16-6-10(14)11(17-13)12(15)18/h3-6H,14H2,1-2H3,(H2,15,18). The molecule has 0 fully saturated rings. The molecule has 2 rings (SSSR count). The number of primary amides is 1. The molecule has 5 nitrogen and oxygen atoms in total. The van der Waals surface area contributed by atoms with Gasteiger partial charge in [-0.3, -0.25) is 4.79 Å². The monoisotopic (exact) mass is 242 g/mol. The smallest absolute Gasteiger partial charge is 0.269 e. The molecule has 0 atom stereocenters. The molecule has 18 heavy (non-hydrogen) atoms. The van der Waals surface area contributed by atoms with E-state index in [1.54, 1.807) is 0 Å². The van der Waals surface area contributed by atoms with Crippen molar-refractivity contribution in [2.75, 3.05) is 5.73 Å². The molecule has 0 radical (unpaired) electrons. The molecule has 1 aromatic heterocycles. The zero-order valence-electron chi connectivity index (χ0n) is 10.3. The second kappa shape index (κ2) is 4.44. The van der Waals surface area contributed by atoms with Crippen molar-refractivity contribution in [3.63, 3.8) is 0 Å². The minimum atomic E-state index is -0.652. The third-order valence-corrected chi connectivity index (χ3v) is 2.53. The van der Waals surface area contributed by atoms with Gasteiger partial charge in [-0.15, -0.1) is 0 Å². The van der Waals surface area contributed by atoms with Gasteiger partial charge in [-0.25, -0.2) is 9.97 Å². The summed E-state index contributed by atoms with van der Waals surface area (Å²) in [5.41, 5.74) is 14.1. The van der Waals surface area contributed by atoms with Crippen LogP contribution in [0.2, 0.25) is 0 Å². The Morgan fingerprint density at radius 1 is 1.17 bits per heavy atom. The van der Waals surface area contributed by atoms with Gasteiger partial charge in [0.15, 0.2) is 11.5 Å². The number of aromatic nitrogens is 2. The van der Waals surface area contributed by atoms with Gasteiger partial charge in [0.05, 0.1) is 11.9 Å². The lowest BCUT2D eigenvalue weighted by molar-refractivity contribution is 0.0996. The quantitative estimate of drug-likeness (QED) is 0.833. The molecule has 1 aromatic carbocycles. The zero-order chi connectivity index (χ0) is 13.3. The number of nitrogen functional groups attached to an aromatic ring is 1. The number of anilines is 1. The van der Waals surface area contributed by atoms with Gasteiger partial charge in [-0.2, -0.15) is 0 Å². The topological polar surface area (TPSA) is 94.9 Å². The lowest BCUT2D eigenvalue weighted by atomic mass is 10.1. The minimum Gasteiger partial charge on any atom is -0.396 e. The first kappa shape index (κ1) is 12.0. The summed E-state index contributed by atoms with van der Waals surface area (Å²) in [6, 6.07) is 5.95. The van der Waals surface area contributed by atoms with Gasteiger partial charge in [0.1, 0.15) is 0 Å². The second-order valence-electron chi connectivity index (χ2n) is 4.24. The van der Waals surface area contributed by atoms with E-state index in [0.717, 1.165) is 16.7 Å². The van der Waals surface area contributed by atoms with Gasteiger partial charge in [0, 0.05) is 5.56 Å². The van der Waals surface area contributed by atoms with Crippen molar-refractivity contribution >= 4 is 11.6 Å². The number of hydrogen-bond donors (Lipinski definition) is 2. The molecule has 4 N–H and O–H groups in total. The average molecular weight is 242 g/mol. The van der Waals surface area contributed by atoms with E-state index in [9.17, 15) is 4.79 Å². The van der Waals surface area contributed by atoms with Crippen LogP contribution in [0.25, 0.3) is 11.4 Å². The molecule has 0 saturated carbocycles. The molecule has 0 saturated heterocycles. The van der Waals surface area contributed by atoms with Crippen molar-refractivity contribution in [1.82, 2.24) is 9.97 Å². The fourth-order valence-corrected chi connectivity index (χ4v) is 1.83. The van der Waals surface area contributed by atoms with Crippen molar-refractivity contribution in [2.24, 2.45) is 5.73 Å². The number of carbonyl (C=O) groups is 1. The zero-order valence-corrected chi connectivity index (χ0v) is 10.3. The predicted octanol–water partition coefficient (Wildman–Crippen LogP) is 1.44. The number of rotatable bonds is 2. The summed E-state index contributed by atoms with van der Waals surface area (Å²) in [7, 11) is 0. The molecule has 2 aromatic rings. The van der Waals surface area contributed by atoms with Crippen molar-refractivity contribution < 1.29 is 4.79 Å². The number of aryl methyl sites for hydroxylation is 2. The van der Waals surface area contributed by atoms with E-state index in [4.69, 9.17) is 11.5 Å². The van der Waals surface area contributed by atoms with Gasteiger partial charge in [-0.1, -0.05) is 17.2 Å². The second-order valence-corrected chi connectivity index (χ2v) is 4.24. The molecule has 0 bridgehead atoms. The summed E-state index contributed by atoms with van der Waals surface area (Å²) in [4.78, 5) is 19.4. The van der Waals surface area contributed by atoms with E-state index < -0.39 is 5.91 Å². The van der Waals surface area contributed by atoms with Gasteiger partial charge in [-0.05, 0) is 26.0 Å². The van der Waals surface area contributed by atoms with Crippen LogP contribution in [0.5, 0.6) is 0 Å². The van der Waals surface area contributed by atoms with Crippen molar-refractivity contribution in [3.8, 4) is 11.4 Å². The first-order chi connectivity index (χ1) is 8.47. The van der Waals surface area contributed by atoms with Crippen LogP contribution in [0, 0.1) is 13.8 Å². The van der Waals surface area contributed by atoms with Crippen LogP contribution in [0.3, 0.4) is 0 Å². The van der Waals surface area contributed by atoms with Gasteiger partial charge < -0.3 is 11.5 Å². The van der Waals surface area contributed by atoms with E-state index >= 15 is 0 Å². The molecule has 0 aliphatic heterocycles. The number of nitrogens with two attached hydrogens (primary N) is 2. The molecule has 0 spiro atoms. The fourth-order valence-electron chi connectivity index (χ4n) is 1.83. The number of carbonyl (C=O) groups excluding carboxylic acids is 1. The molecule has 92 valence electrons. The Kier molecular flexibility index (Phi) is 2.97. The minimum absolute atomic E-state index is 0.0548. The molecule has 0 aliphatic rings. The van der Waals surface area contributed by atoms with Crippen LogP contribution in [0.4, 0.5) is 5.69 Å². The summed E-state index contributed by atoms with van der Waals surface area (Å²) >= 11 is 0. The van der Waals surface area contributed by atoms with Crippen molar-refractivity contribution in [1.29, 1.82) is 0 Å². The van der Waals surface area contributed by atoms with Gasteiger partial charge >= 0.3 is 0 Å². The Morgan fingerprint density at radius 2 is 1.78 bits per heavy atom. The Labute approximate surface area is 105 Å². The van der Waals surface area contributed by atoms with Gasteiger partial charge in [0.2, 0.25) is 0 Å². The number of amides is 1. The Morgan fingerprint density at radius 3 is 2.33 bits per heavy atom. The van der Waals surface area contributed by atoms with Crippen LogP contribution in [0.1, 0.15) is 21.6 Å². The SMILES string of the molecule is Cc1cc(C)cc(-c2ncc(N)c(C(N)=O)n2)c1. The van der Waals surface area contributed by atoms with Crippen LogP contribution < -0.4 is 11.5 Å². The van der Waals surface area contributed by atoms with Gasteiger partial charge in [0.25, 0.3) is 5.91 Å². The highest BCUT2D eigenvalue weighted by Gasteiger charge is 2.11. The summed E-state index contributed by atoms with van der Waals surface area (Å²) in [6.45, 7) is 3.98. The lowest BCUT2D eigenvalue weighted by Gasteiger charge is -2.06. The summed E-state index contributed by atoms with van der Waals surface area (Å²) < 4.78 is 0. The number of hydrogen-bond acceptors (Lipinski definition) is 4. The largest absolute Gasteiger partial charge is 0.396 e. The molecule has 0 unspecified atom stereocenters. The highest BCUT2D eigenvalue weighted by Crippen LogP contribution is 2.20. The van der Waals surface area contributed by atoms with E-state index in [-0.39, 0.29) is 11.4 Å². The molecule has 0 aliphatic carbocycles. The fraction of sp³-hybridized carbons (Fsp3) is 0.154. The maximum absolute atomic E-state index is 11.2. The van der Waals surface area contributed by atoms with Crippen LogP contribution in [0.15, 0.2) is 24.4 Å². The average Bonchev–Trinajstić information content (AvgIpc) is 2.27. The summed E-state index contributed by atoms with van der Waals surface area (Å²) in [6.07, 6.45) is 1.40. The Bertz CT molecular complexity index is 602. The van der Waals surface area contributed by atoms with Crippen LogP contribution >= 0.6 is 0 Å². The third-order valence-electron chi connectivity index (χ3n) is 2.53. The van der Waals surface area contributed by atoms with E-state index in [1.165, 1.54) is 6.20 Å². The van der Waals surface area contributed by atoms with Crippen molar-refractivity contribution in [2.45, 2.75) is 13.8 Å². The van der Waals surface area contributed by atoms with Crippen molar-refractivity contribution in [3.05, 3.63) is 41.2 Å². The number of nitrogens with zero attached hydrogens (tertiary/aromatic N) is 2. The molecular formula is C13H14N4O. The maximum atomic E-state index is 11.2. The summed E-state index contributed by atoms with van der Waals surface area (Å²) in [5.74, 6) is -0.203. The van der Waals surface area contributed by atoms with E-state index in [1.807, 2.05) is 26.0 Å². The molecule has 1 heterocycles. The van der Waals surface area contributed by atoms with Crippen LogP contribution in [-0.2, 0) is 0 Å².